The summed E-state index contributed by atoms with van der Waals surface area (Å²) >= 11 is 0. The Bertz CT molecular complexity index is 798. The number of hydrogen-bond donors (Lipinski definition) is 1. The molecule has 0 aliphatic carbocycles. The van der Waals surface area contributed by atoms with Crippen LogP contribution < -0.4 is 5.32 Å². The summed E-state index contributed by atoms with van der Waals surface area (Å²) in [6.45, 7) is 2.17. The number of carbonyl (C=O) groups excluding carboxylic acids is 1. The molecule has 1 heterocycles. The number of aromatic nitrogens is 1. The highest BCUT2D eigenvalue weighted by Gasteiger charge is 2.05. The third-order valence-electron chi connectivity index (χ3n) is 3.28. The van der Waals surface area contributed by atoms with E-state index >= 15 is 0 Å². The van der Waals surface area contributed by atoms with Crippen LogP contribution in [0.15, 0.2) is 60.8 Å². The van der Waals surface area contributed by atoms with E-state index in [-0.39, 0.29) is 5.97 Å². The molecular weight excluding hydrogens is 276 g/mol. The number of esters is 1. The average molecular weight is 292 g/mol. The summed E-state index contributed by atoms with van der Waals surface area (Å²) in [5.74, 6) is -0.304. The SMILES string of the molecule is CCOC(=O)c1ccc(Nc2cnc3ccccc3c2)cc1. The normalized spacial score (nSPS) is 10.4. The standard InChI is InChI=1S/C18H16N2O2/c1-2-22-18(21)13-7-9-15(10-8-13)20-16-11-14-5-3-4-6-17(14)19-12-16/h3-12,20H,2H2,1H3. The first-order valence-electron chi connectivity index (χ1n) is 7.15. The Balaban J connectivity index is 1.78. The minimum absolute atomic E-state index is 0.304. The number of para-hydroxylation sites is 1. The van der Waals surface area contributed by atoms with Gasteiger partial charge in [-0.25, -0.2) is 4.79 Å². The van der Waals surface area contributed by atoms with Gasteiger partial charge in [0, 0.05) is 11.1 Å². The fourth-order valence-electron chi connectivity index (χ4n) is 2.21. The molecule has 0 unspecified atom stereocenters. The number of fused-ring (bicyclic) bond motifs is 1. The second-order valence-corrected chi connectivity index (χ2v) is 4.84. The van der Waals surface area contributed by atoms with Crippen LogP contribution in [0.1, 0.15) is 17.3 Å². The first kappa shape index (κ1) is 14.1. The minimum Gasteiger partial charge on any atom is -0.462 e. The molecule has 0 saturated carbocycles. The monoisotopic (exact) mass is 292 g/mol. The van der Waals surface area contributed by atoms with Gasteiger partial charge in [0.1, 0.15) is 0 Å². The molecule has 4 heteroatoms. The van der Waals surface area contributed by atoms with Crippen molar-refractivity contribution >= 4 is 28.2 Å². The molecular formula is C18H16N2O2. The predicted molar refractivity (Wildman–Crippen MR) is 87.4 cm³/mol. The van der Waals surface area contributed by atoms with Crippen LogP contribution in [0.5, 0.6) is 0 Å². The summed E-state index contributed by atoms with van der Waals surface area (Å²) in [5, 5.41) is 4.36. The van der Waals surface area contributed by atoms with E-state index in [0.717, 1.165) is 22.3 Å². The molecule has 0 fully saturated rings. The first-order valence-corrected chi connectivity index (χ1v) is 7.15. The van der Waals surface area contributed by atoms with Crippen molar-refractivity contribution in [2.24, 2.45) is 0 Å². The highest BCUT2D eigenvalue weighted by Crippen LogP contribution is 2.20. The van der Waals surface area contributed by atoms with Gasteiger partial charge in [-0.2, -0.15) is 0 Å². The summed E-state index contributed by atoms with van der Waals surface area (Å²) < 4.78 is 4.96. The molecule has 0 bridgehead atoms. The lowest BCUT2D eigenvalue weighted by Gasteiger charge is -2.08. The van der Waals surface area contributed by atoms with Crippen molar-refractivity contribution < 1.29 is 9.53 Å². The molecule has 0 radical (unpaired) electrons. The second kappa shape index (κ2) is 6.26. The maximum absolute atomic E-state index is 11.6. The molecule has 0 aliphatic heterocycles. The number of benzene rings is 2. The lowest BCUT2D eigenvalue weighted by Crippen LogP contribution is -2.04. The van der Waals surface area contributed by atoms with Crippen LogP contribution >= 0.6 is 0 Å². The molecule has 0 aliphatic rings. The van der Waals surface area contributed by atoms with Gasteiger partial charge in [-0.1, -0.05) is 18.2 Å². The van der Waals surface area contributed by atoms with Crippen molar-refractivity contribution in [1.82, 2.24) is 4.98 Å². The van der Waals surface area contributed by atoms with Crippen LogP contribution in [0.25, 0.3) is 10.9 Å². The highest BCUT2D eigenvalue weighted by atomic mass is 16.5. The van der Waals surface area contributed by atoms with E-state index in [1.54, 1.807) is 25.3 Å². The van der Waals surface area contributed by atoms with Crippen LogP contribution in [0.2, 0.25) is 0 Å². The molecule has 1 N–H and O–H groups in total. The molecule has 110 valence electrons. The smallest absolute Gasteiger partial charge is 0.338 e. The molecule has 22 heavy (non-hydrogen) atoms. The molecule has 1 aromatic heterocycles. The number of ether oxygens (including phenoxy) is 1. The molecule has 0 atom stereocenters. The highest BCUT2D eigenvalue weighted by molar-refractivity contribution is 5.90. The first-order chi connectivity index (χ1) is 10.8. The number of carbonyl (C=O) groups is 1. The molecule has 2 aromatic carbocycles. The fraction of sp³-hybridized carbons (Fsp3) is 0.111. The van der Waals surface area contributed by atoms with E-state index in [1.165, 1.54) is 0 Å². The number of anilines is 2. The van der Waals surface area contributed by atoms with Gasteiger partial charge >= 0.3 is 5.97 Å². The van der Waals surface area contributed by atoms with Gasteiger partial charge in [-0.15, -0.1) is 0 Å². The van der Waals surface area contributed by atoms with E-state index in [1.807, 2.05) is 42.5 Å². The van der Waals surface area contributed by atoms with Crippen molar-refractivity contribution in [2.75, 3.05) is 11.9 Å². The summed E-state index contributed by atoms with van der Waals surface area (Å²) in [4.78, 5) is 16.0. The van der Waals surface area contributed by atoms with Gasteiger partial charge in [0.15, 0.2) is 0 Å². The molecule has 3 aromatic rings. The van der Waals surface area contributed by atoms with Crippen molar-refractivity contribution in [3.05, 3.63) is 66.4 Å². The zero-order valence-electron chi connectivity index (χ0n) is 12.2. The van der Waals surface area contributed by atoms with Crippen molar-refractivity contribution in [3.63, 3.8) is 0 Å². The summed E-state index contributed by atoms with van der Waals surface area (Å²) in [6.07, 6.45) is 1.79. The van der Waals surface area contributed by atoms with Crippen molar-refractivity contribution in [2.45, 2.75) is 6.92 Å². The Labute approximate surface area is 128 Å². The maximum Gasteiger partial charge on any atom is 0.338 e. The number of hydrogen-bond acceptors (Lipinski definition) is 4. The van der Waals surface area contributed by atoms with E-state index in [0.29, 0.717) is 12.2 Å². The largest absolute Gasteiger partial charge is 0.462 e. The summed E-state index contributed by atoms with van der Waals surface area (Å²) in [7, 11) is 0. The van der Waals surface area contributed by atoms with Gasteiger partial charge in [0.05, 0.1) is 29.6 Å². The van der Waals surface area contributed by atoms with Crippen molar-refractivity contribution in [3.8, 4) is 0 Å². The van der Waals surface area contributed by atoms with Crippen LogP contribution in [0.3, 0.4) is 0 Å². The summed E-state index contributed by atoms with van der Waals surface area (Å²) in [6, 6.07) is 17.2. The second-order valence-electron chi connectivity index (χ2n) is 4.84. The molecule has 4 nitrogen and oxygen atoms in total. The van der Waals surface area contributed by atoms with Gasteiger partial charge in [-0.05, 0) is 43.3 Å². The minimum atomic E-state index is -0.304. The third kappa shape index (κ3) is 3.06. The topological polar surface area (TPSA) is 51.2 Å². The quantitative estimate of drug-likeness (QED) is 0.734. The van der Waals surface area contributed by atoms with Gasteiger partial charge in [0.25, 0.3) is 0 Å². The predicted octanol–water partition coefficient (Wildman–Crippen LogP) is 4.16. The Kier molecular flexibility index (Phi) is 4.01. The number of nitrogens with zero attached hydrogens (tertiary/aromatic N) is 1. The van der Waals surface area contributed by atoms with Crippen LogP contribution in [-0.4, -0.2) is 17.6 Å². The molecule has 0 spiro atoms. The number of pyridine rings is 1. The summed E-state index contributed by atoms with van der Waals surface area (Å²) in [5.41, 5.74) is 3.31. The Hall–Kier alpha value is -2.88. The van der Waals surface area contributed by atoms with E-state index in [4.69, 9.17) is 4.74 Å². The van der Waals surface area contributed by atoms with Gasteiger partial charge in [0.2, 0.25) is 0 Å². The van der Waals surface area contributed by atoms with Crippen LogP contribution in [-0.2, 0) is 4.74 Å². The molecule has 0 amide bonds. The van der Waals surface area contributed by atoms with E-state index < -0.39 is 0 Å². The van der Waals surface area contributed by atoms with E-state index in [2.05, 4.69) is 10.3 Å². The lowest BCUT2D eigenvalue weighted by atomic mass is 10.2. The van der Waals surface area contributed by atoms with Crippen LogP contribution in [0.4, 0.5) is 11.4 Å². The average Bonchev–Trinajstić information content (AvgIpc) is 2.56. The zero-order valence-corrected chi connectivity index (χ0v) is 12.2. The fourth-order valence-corrected chi connectivity index (χ4v) is 2.21. The Morgan fingerprint density at radius 2 is 1.86 bits per heavy atom. The molecule has 3 rings (SSSR count). The molecule has 0 saturated heterocycles. The van der Waals surface area contributed by atoms with Crippen LogP contribution in [0, 0.1) is 0 Å². The van der Waals surface area contributed by atoms with Gasteiger partial charge in [-0.3, -0.25) is 4.98 Å². The van der Waals surface area contributed by atoms with Crippen molar-refractivity contribution in [1.29, 1.82) is 0 Å². The number of nitrogens with one attached hydrogen (secondary N) is 1. The van der Waals surface area contributed by atoms with E-state index in [9.17, 15) is 4.79 Å². The zero-order chi connectivity index (χ0) is 15.4. The third-order valence-corrected chi connectivity index (χ3v) is 3.28. The Morgan fingerprint density at radius 3 is 2.64 bits per heavy atom. The van der Waals surface area contributed by atoms with Gasteiger partial charge < -0.3 is 10.1 Å². The maximum atomic E-state index is 11.6. The lowest BCUT2D eigenvalue weighted by molar-refractivity contribution is 0.0526. The Morgan fingerprint density at radius 1 is 1.09 bits per heavy atom. The number of rotatable bonds is 4.